The van der Waals surface area contributed by atoms with Crippen molar-refractivity contribution in [2.75, 3.05) is 7.11 Å². The van der Waals surface area contributed by atoms with Gasteiger partial charge in [-0.25, -0.2) is 14.4 Å². The number of amides is 1. The molecule has 0 bridgehead atoms. The third-order valence-electron chi connectivity index (χ3n) is 2.48. The van der Waals surface area contributed by atoms with Crippen LogP contribution in [0.4, 0.5) is 4.39 Å². The fourth-order valence-corrected chi connectivity index (χ4v) is 1.48. The predicted molar refractivity (Wildman–Crippen MR) is 66.2 cm³/mol. The van der Waals surface area contributed by atoms with Crippen molar-refractivity contribution >= 4 is 5.91 Å². The summed E-state index contributed by atoms with van der Waals surface area (Å²) in [6.07, 6.45) is 1.23. The number of hydrogen-bond acceptors (Lipinski definition) is 4. The number of carbonyl (C=O) groups is 1. The topological polar surface area (TPSA) is 64.1 Å². The van der Waals surface area contributed by atoms with Crippen molar-refractivity contribution < 1.29 is 13.9 Å². The van der Waals surface area contributed by atoms with E-state index in [2.05, 4.69) is 15.3 Å². The third kappa shape index (κ3) is 3.25. The van der Waals surface area contributed by atoms with Gasteiger partial charge in [0.1, 0.15) is 17.8 Å². The van der Waals surface area contributed by atoms with Crippen LogP contribution in [0.3, 0.4) is 0 Å². The monoisotopic (exact) mass is 261 g/mol. The van der Waals surface area contributed by atoms with Crippen LogP contribution in [0.5, 0.6) is 5.88 Å². The molecule has 1 aromatic carbocycles. The van der Waals surface area contributed by atoms with Crippen LogP contribution in [0.2, 0.25) is 0 Å². The number of halogens is 1. The molecule has 0 aliphatic rings. The molecule has 2 rings (SSSR count). The molecule has 0 fully saturated rings. The van der Waals surface area contributed by atoms with Crippen molar-refractivity contribution in [2.24, 2.45) is 0 Å². The highest BCUT2D eigenvalue weighted by Gasteiger charge is 2.09. The SMILES string of the molecule is COc1cc(C(=O)NCc2ccccc2F)ncn1. The first-order valence-electron chi connectivity index (χ1n) is 5.58. The molecule has 0 spiro atoms. The second-order valence-corrected chi connectivity index (χ2v) is 3.72. The molecule has 0 atom stereocenters. The molecule has 98 valence electrons. The summed E-state index contributed by atoms with van der Waals surface area (Å²) in [5.41, 5.74) is 0.583. The number of methoxy groups -OCH3 is 1. The van der Waals surface area contributed by atoms with E-state index in [0.29, 0.717) is 11.4 Å². The van der Waals surface area contributed by atoms with Gasteiger partial charge < -0.3 is 10.1 Å². The quantitative estimate of drug-likeness (QED) is 0.907. The molecule has 19 heavy (non-hydrogen) atoms. The molecule has 1 amide bonds. The number of hydrogen-bond donors (Lipinski definition) is 1. The maximum absolute atomic E-state index is 13.4. The Labute approximate surface area is 109 Å². The van der Waals surface area contributed by atoms with Gasteiger partial charge in [-0.2, -0.15) is 0 Å². The highest BCUT2D eigenvalue weighted by Crippen LogP contribution is 2.08. The maximum Gasteiger partial charge on any atom is 0.270 e. The van der Waals surface area contributed by atoms with Gasteiger partial charge in [-0.1, -0.05) is 18.2 Å². The number of aromatic nitrogens is 2. The molecule has 0 aliphatic carbocycles. The van der Waals surface area contributed by atoms with E-state index in [4.69, 9.17) is 4.74 Å². The van der Waals surface area contributed by atoms with E-state index in [0.717, 1.165) is 0 Å². The van der Waals surface area contributed by atoms with Gasteiger partial charge in [-0.05, 0) is 6.07 Å². The number of nitrogens with zero attached hydrogens (tertiary/aromatic N) is 2. The van der Waals surface area contributed by atoms with E-state index in [-0.39, 0.29) is 18.1 Å². The molecule has 2 aromatic rings. The lowest BCUT2D eigenvalue weighted by atomic mass is 10.2. The number of rotatable bonds is 4. The first-order chi connectivity index (χ1) is 9.20. The number of carbonyl (C=O) groups excluding carboxylic acids is 1. The Hall–Kier alpha value is -2.50. The second-order valence-electron chi connectivity index (χ2n) is 3.72. The Balaban J connectivity index is 2.03. The van der Waals surface area contributed by atoms with Gasteiger partial charge in [-0.15, -0.1) is 0 Å². The fraction of sp³-hybridized carbons (Fsp3) is 0.154. The summed E-state index contributed by atoms with van der Waals surface area (Å²) >= 11 is 0. The minimum Gasteiger partial charge on any atom is -0.481 e. The van der Waals surface area contributed by atoms with Gasteiger partial charge in [0.2, 0.25) is 5.88 Å². The summed E-state index contributed by atoms with van der Waals surface area (Å²) in [4.78, 5) is 19.4. The van der Waals surface area contributed by atoms with E-state index in [9.17, 15) is 9.18 Å². The average Bonchev–Trinajstić information content (AvgIpc) is 2.46. The van der Waals surface area contributed by atoms with Crippen molar-refractivity contribution in [3.63, 3.8) is 0 Å². The van der Waals surface area contributed by atoms with Crippen LogP contribution < -0.4 is 10.1 Å². The molecular formula is C13H12FN3O2. The van der Waals surface area contributed by atoms with E-state index in [1.807, 2.05) is 0 Å². The molecule has 0 saturated carbocycles. The molecule has 5 nitrogen and oxygen atoms in total. The van der Waals surface area contributed by atoms with Crippen LogP contribution in [0.15, 0.2) is 36.7 Å². The highest BCUT2D eigenvalue weighted by molar-refractivity contribution is 5.92. The van der Waals surface area contributed by atoms with E-state index >= 15 is 0 Å². The summed E-state index contributed by atoms with van der Waals surface area (Å²) in [7, 11) is 1.45. The first kappa shape index (κ1) is 12.9. The summed E-state index contributed by atoms with van der Waals surface area (Å²) in [6.45, 7) is 0.0951. The van der Waals surface area contributed by atoms with Gasteiger partial charge in [-0.3, -0.25) is 4.79 Å². The van der Waals surface area contributed by atoms with Gasteiger partial charge in [0, 0.05) is 18.2 Å². The zero-order valence-corrected chi connectivity index (χ0v) is 10.3. The average molecular weight is 261 g/mol. The second kappa shape index (κ2) is 5.90. The Morgan fingerprint density at radius 2 is 2.16 bits per heavy atom. The van der Waals surface area contributed by atoms with Crippen LogP contribution in [0.1, 0.15) is 16.1 Å². The zero-order chi connectivity index (χ0) is 13.7. The third-order valence-corrected chi connectivity index (χ3v) is 2.48. The number of benzene rings is 1. The van der Waals surface area contributed by atoms with Gasteiger partial charge in [0.15, 0.2) is 0 Å². The van der Waals surface area contributed by atoms with Crippen molar-refractivity contribution in [1.82, 2.24) is 15.3 Å². The van der Waals surface area contributed by atoms with E-state index in [1.54, 1.807) is 18.2 Å². The van der Waals surface area contributed by atoms with Crippen LogP contribution in [-0.4, -0.2) is 23.0 Å². The lowest BCUT2D eigenvalue weighted by molar-refractivity contribution is 0.0945. The smallest absolute Gasteiger partial charge is 0.270 e. The fourth-order valence-electron chi connectivity index (χ4n) is 1.48. The van der Waals surface area contributed by atoms with Crippen molar-refractivity contribution in [3.05, 3.63) is 53.7 Å². The minimum atomic E-state index is -0.413. The predicted octanol–water partition coefficient (Wildman–Crippen LogP) is 1.55. The molecule has 0 unspecified atom stereocenters. The Morgan fingerprint density at radius 1 is 1.37 bits per heavy atom. The molecule has 0 radical (unpaired) electrons. The summed E-state index contributed by atoms with van der Waals surface area (Å²) in [6, 6.07) is 7.66. The summed E-state index contributed by atoms with van der Waals surface area (Å²) < 4.78 is 18.3. The van der Waals surface area contributed by atoms with Crippen LogP contribution in [-0.2, 0) is 6.54 Å². The van der Waals surface area contributed by atoms with Crippen molar-refractivity contribution in [2.45, 2.75) is 6.54 Å². The Kier molecular flexibility index (Phi) is 4.02. The standard InChI is InChI=1S/C13H12FN3O2/c1-19-12-6-11(16-8-17-12)13(18)15-7-9-4-2-3-5-10(9)14/h2-6,8H,7H2,1H3,(H,15,18). The lowest BCUT2D eigenvalue weighted by Crippen LogP contribution is -2.24. The lowest BCUT2D eigenvalue weighted by Gasteiger charge is -2.06. The highest BCUT2D eigenvalue weighted by atomic mass is 19.1. The molecule has 6 heteroatoms. The van der Waals surface area contributed by atoms with E-state index in [1.165, 1.54) is 25.6 Å². The normalized spacial score (nSPS) is 10.0. The summed E-state index contributed by atoms with van der Waals surface area (Å²) in [5, 5.41) is 2.58. The number of nitrogens with one attached hydrogen (secondary N) is 1. The molecule has 0 saturated heterocycles. The van der Waals surface area contributed by atoms with Crippen molar-refractivity contribution in [3.8, 4) is 5.88 Å². The molecule has 1 heterocycles. The summed E-state index contributed by atoms with van der Waals surface area (Å²) in [5.74, 6) is -0.474. The van der Waals surface area contributed by atoms with Crippen LogP contribution in [0, 0.1) is 5.82 Å². The molecular weight excluding hydrogens is 249 g/mol. The zero-order valence-electron chi connectivity index (χ0n) is 10.3. The largest absolute Gasteiger partial charge is 0.481 e. The first-order valence-corrected chi connectivity index (χ1v) is 5.58. The van der Waals surface area contributed by atoms with Gasteiger partial charge >= 0.3 is 0 Å². The maximum atomic E-state index is 13.4. The van der Waals surface area contributed by atoms with Crippen molar-refractivity contribution in [1.29, 1.82) is 0 Å². The molecule has 1 N–H and O–H groups in total. The van der Waals surface area contributed by atoms with Crippen LogP contribution in [0.25, 0.3) is 0 Å². The Bertz CT molecular complexity index is 590. The minimum absolute atomic E-state index is 0.0951. The van der Waals surface area contributed by atoms with Gasteiger partial charge in [0.25, 0.3) is 5.91 Å². The Morgan fingerprint density at radius 3 is 2.89 bits per heavy atom. The van der Waals surface area contributed by atoms with Crippen LogP contribution >= 0.6 is 0 Å². The van der Waals surface area contributed by atoms with E-state index < -0.39 is 5.91 Å². The molecule has 0 aliphatic heterocycles. The van der Waals surface area contributed by atoms with Gasteiger partial charge in [0.05, 0.1) is 7.11 Å². The number of ether oxygens (including phenoxy) is 1. The molecule has 1 aromatic heterocycles.